The lowest BCUT2D eigenvalue weighted by Crippen LogP contribution is -2.59. The summed E-state index contributed by atoms with van der Waals surface area (Å²) in [6.07, 6.45) is 8.48. The first-order chi connectivity index (χ1) is 13.3. The summed E-state index contributed by atoms with van der Waals surface area (Å²) in [6, 6.07) is 10.5. The summed E-state index contributed by atoms with van der Waals surface area (Å²) in [5, 5.41) is 5.75. The Morgan fingerprint density at radius 2 is 1.96 bits per heavy atom. The molecule has 140 valence electrons. The Morgan fingerprint density at radius 1 is 1.11 bits per heavy atom. The number of nitrogens with zero attached hydrogens (tertiary/aromatic N) is 4. The van der Waals surface area contributed by atoms with Crippen LogP contribution in [0.2, 0.25) is 0 Å². The fraction of sp³-hybridized carbons (Fsp3) is 0.429. The van der Waals surface area contributed by atoms with Crippen molar-refractivity contribution in [2.45, 2.75) is 31.3 Å². The topological polar surface area (TPSA) is 57.2 Å². The molecule has 1 aromatic carbocycles. The third-order valence-electron chi connectivity index (χ3n) is 6.25. The van der Waals surface area contributed by atoms with E-state index in [9.17, 15) is 4.79 Å². The summed E-state index contributed by atoms with van der Waals surface area (Å²) in [5.41, 5.74) is 2.01. The van der Waals surface area contributed by atoms with Crippen LogP contribution in [0.1, 0.15) is 24.8 Å². The highest BCUT2D eigenvalue weighted by molar-refractivity contribution is 5.85. The number of nitrogens with one attached hydrogen (secondary N) is 1. The number of fused-ring (bicyclic) bond motifs is 1. The molecular formula is C21H25N5O. The number of hydrogen-bond donors (Lipinski definition) is 1. The number of piperidine rings is 1. The number of carbonyl (C=O) groups excluding carboxylic acids is 1. The van der Waals surface area contributed by atoms with Crippen LogP contribution in [0.3, 0.4) is 0 Å². The molecule has 2 aliphatic heterocycles. The largest absolute Gasteiger partial charge is 0.361 e. The number of amides is 1. The molecule has 2 aromatic heterocycles. The summed E-state index contributed by atoms with van der Waals surface area (Å²) in [5.74, 6) is 0.254. The minimum absolute atomic E-state index is 0.254. The minimum atomic E-state index is -0.513. The monoisotopic (exact) mass is 363 g/mol. The summed E-state index contributed by atoms with van der Waals surface area (Å²) in [4.78, 5) is 21.0. The van der Waals surface area contributed by atoms with E-state index in [-0.39, 0.29) is 5.91 Å². The molecule has 0 bridgehead atoms. The molecule has 4 heterocycles. The van der Waals surface area contributed by atoms with Crippen LogP contribution in [0, 0.1) is 0 Å². The first-order valence-electron chi connectivity index (χ1n) is 9.83. The zero-order valence-electron chi connectivity index (χ0n) is 15.5. The highest BCUT2D eigenvalue weighted by Gasteiger charge is 2.46. The van der Waals surface area contributed by atoms with Gasteiger partial charge in [0, 0.05) is 62.2 Å². The van der Waals surface area contributed by atoms with Gasteiger partial charge in [-0.2, -0.15) is 5.10 Å². The molecule has 1 amide bonds. The second-order valence-corrected chi connectivity index (χ2v) is 7.76. The van der Waals surface area contributed by atoms with Crippen molar-refractivity contribution in [1.82, 2.24) is 24.6 Å². The van der Waals surface area contributed by atoms with Gasteiger partial charge in [0.15, 0.2) is 0 Å². The molecule has 3 aromatic rings. The molecule has 0 aliphatic carbocycles. The summed E-state index contributed by atoms with van der Waals surface area (Å²) < 4.78 is 1.91. The van der Waals surface area contributed by atoms with Crippen LogP contribution in [-0.2, 0) is 16.9 Å². The molecule has 0 spiro atoms. The molecule has 0 radical (unpaired) electrons. The number of benzene rings is 1. The average Bonchev–Trinajstić information content (AvgIpc) is 3.33. The predicted molar refractivity (Wildman–Crippen MR) is 104 cm³/mol. The third-order valence-corrected chi connectivity index (χ3v) is 6.25. The van der Waals surface area contributed by atoms with Crippen molar-refractivity contribution in [3.05, 3.63) is 54.5 Å². The Hall–Kier alpha value is -2.60. The quantitative estimate of drug-likeness (QED) is 0.775. The normalized spacial score (nSPS) is 19.9. The van der Waals surface area contributed by atoms with Crippen LogP contribution < -0.4 is 0 Å². The molecule has 1 N–H and O–H groups in total. The molecule has 0 unspecified atom stereocenters. The van der Waals surface area contributed by atoms with Gasteiger partial charge in [-0.1, -0.05) is 12.1 Å². The fourth-order valence-corrected chi connectivity index (χ4v) is 4.49. The van der Waals surface area contributed by atoms with Crippen molar-refractivity contribution >= 4 is 16.8 Å². The average molecular weight is 363 g/mol. The van der Waals surface area contributed by atoms with Gasteiger partial charge in [0.1, 0.15) is 5.54 Å². The van der Waals surface area contributed by atoms with Gasteiger partial charge >= 0.3 is 0 Å². The van der Waals surface area contributed by atoms with Gasteiger partial charge in [0.05, 0.1) is 0 Å². The molecule has 0 atom stereocenters. The van der Waals surface area contributed by atoms with Gasteiger partial charge in [-0.15, -0.1) is 0 Å². The van der Waals surface area contributed by atoms with Crippen molar-refractivity contribution < 1.29 is 4.79 Å². The van der Waals surface area contributed by atoms with E-state index in [1.54, 1.807) is 6.20 Å². The Bertz CT molecular complexity index is 933. The Labute approximate surface area is 158 Å². The van der Waals surface area contributed by atoms with Crippen molar-refractivity contribution in [3.8, 4) is 0 Å². The lowest BCUT2D eigenvalue weighted by atomic mass is 9.85. The maximum atomic E-state index is 13.2. The molecule has 2 aliphatic rings. The second-order valence-electron chi connectivity index (χ2n) is 7.76. The van der Waals surface area contributed by atoms with Crippen LogP contribution in [-0.4, -0.2) is 56.7 Å². The van der Waals surface area contributed by atoms with Gasteiger partial charge in [-0.3, -0.25) is 14.4 Å². The fourth-order valence-electron chi connectivity index (χ4n) is 4.49. The molecule has 5 rings (SSSR count). The van der Waals surface area contributed by atoms with E-state index in [1.807, 2.05) is 28.0 Å². The van der Waals surface area contributed by atoms with E-state index in [2.05, 4.69) is 39.2 Å². The van der Waals surface area contributed by atoms with Gasteiger partial charge in [0.2, 0.25) is 0 Å². The number of hydrogen-bond acceptors (Lipinski definition) is 3. The van der Waals surface area contributed by atoms with Crippen LogP contribution in [0.5, 0.6) is 0 Å². The Kier molecular flexibility index (Phi) is 4.01. The second kappa shape index (κ2) is 6.53. The molecule has 2 fully saturated rings. The van der Waals surface area contributed by atoms with Crippen molar-refractivity contribution in [2.75, 3.05) is 26.2 Å². The van der Waals surface area contributed by atoms with E-state index in [0.717, 1.165) is 52.0 Å². The standard InChI is InChI=1S/C21H25N5O/c27-20(25-11-3-12-25)21(26-13-2-9-23-26)7-14-24(15-8-21)16-17-4-1-5-19-18(17)6-10-22-19/h1-2,4-6,9-10,13,22H,3,7-8,11-12,14-16H2. The summed E-state index contributed by atoms with van der Waals surface area (Å²) in [7, 11) is 0. The van der Waals surface area contributed by atoms with Gasteiger partial charge in [0.25, 0.3) is 5.91 Å². The Balaban J connectivity index is 1.35. The smallest absolute Gasteiger partial charge is 0.250 e. The number of aromatic nitrogens is 3. The van der Waals surface area contributed by atoms with Gasteiger partial charge < -0.3 is 9.88 Å². The Morgan fingerprint density at radius 3 is 2.67 bits per heavy atom. The number of rotatable bonds is 4. The minimum Gasteiger partial charge on any atom is -0.361 e. The van der Waals surface area contributed by atoms with E-state index in [1.165, 1.54) is 16.5 Å². The lowest BCUT2D eigenvalue weighted by Gasteiger charge is -2.45. The highest BCUT2D eigenvalue weighted by Crippen LogP contribution is 2.34. The first-order valence-corrected chi connectivity index (χ1v) is 9.83. The zero-order chi connectivity index (χ0) is 18.3. The molecule has 27 heavy (non-hydrogen) atoms. The molecular weight excluding hydrogens is 338 g/mol. The third kappa shape index (κ3) is 2.75. The zero-order valence-corrected chi connectivity index (χ0v) is 15.5. The van der Waals surface area contributed by atoms with Crippen LogP contribution >= 0.6 is 0 Å². The molecule has 6 heteroatoms. The van der Waals surface area contributed by atoms with Crippen molar-refractivity contribution in [2.24, 2.45) is 0 Å². The SMILES string of the molecule is O=C(N1CCC1)C1(n2cccn2)CCN(Cc2cccc3[nH]ccc23)CC1. The van der Waals surface area contributed by atoms with Crippen LogP contribution in [0.4, 0.5) is 0 Å². The maximum absolute atomic E-state index is 13.2. The number of carbonyl (C=O) groups is 1. The molecule has 2 saturated heterocycles. The summed E-state index contributed by atoms with van der Waals surface area (Å²) in [6.45, 7) is 4.50. The first kappa shape index (κ1) is 16.6. The van der Waals surface area contributed by atoms with E-state index in [4.69, 9.17) is 0 Å². The van der Waals surface area contributed by atoms with E-state index >= 15 is 0 Å². The predicted octanol–water partition coefficient (Wildman–Crippen LogP) is 2.59. The van der Waals surface area contributed by atoms with Crippen molar-refractivity contribution in [3.63, 3.8) is 0 Å². The summed E-state index contributed by atoms with van der Waals surface area (Å²) >= 11 is 0. The number of aromatic amines is 1. The highest BCUT2D eigenvalue weighted by atomic mass is 16.2. The number of H-pyrrole nitrogens is 1. The molecule has 0 saturated carbocycles. The lowest BCUT2D eigenvalue weighted by molar-refractivity contribution is -0.148. The van der Waals surface area contributed by atoms with Crippen molar-refractivity contribution in [1.29, 1.82) is 0 Å². The number of likely N-dealkylation sites (tertiary alicyclic amines) is 2. The molecule has 6 nitrogen and oxygen atoms in total. The van der Waals surface area contributed by atoms with Gasteiger partial charge in [-0.25, -0.2) is 0 Å². The van der Waals surface area contributed by atoms with Gasteiger partial charge in [-0.05, 0) is 43.0 Å². The van der Waals surface area contributed by atoms with Crippen LogP contribution in [0.15, 0.2) is 48.9 Å². The maximum Gasteiger partial charge on any atom is 0.250 e. The van der Waals surface area contributed by atoms with E-state index in [0.29, 0.717) is 0 Å². The van der Waals surface area contributed by atoms with Crippen LogP contribution in [0.25, 0.3) is 10.9 Å². The van der Waals surface area contributed by atoms with E-state index < -0.39 is 5.54 Å².